The summed E-state index contributed by atoms with van der Waals surface area (Å²) in [6, 6.07) is 22.5. The third kappa shape index (κ3) is 5.00. The normalized spacial score (nSPS) is 10.7. The first-order chi connectivity index (χ1) is 16.5. The highest BCUT2D eigenvalue weighted by Gasteiger charge is 2.20. The number of carboxylic acids is 1. The number of carbonyl (C=O) groups is 1. The molecule has 0 bridgehead atoms. The molecular formula is C26H23ClN2O5. The van der Waals surface area contributed by atoms with Gasteiger partial charge in [-0.05, 0) is 42.0 Å². The van der Waals surface area contributed by atoms with Crippen molar-refractivity contribution in [1.29, 1.82) is 0 Å². The minimum Gasteiger partial charge on any atom is -0.493 e. The highest BCUT2D eigenvalue weighted by Crippen LogP contribution is 2.40. The van der Waals surface area contributed by atoms with E-state index in [2.05, 4.69) is 0 Å². The van der Waals surface area contributed by atoms with Gasteiger partial charge in [0.25, 0.3) is 0 Å². The predicted octanol–water partition coefficient (Wildman–Crippen LogP) is 5.40. The molecule has 0 saturated heterocycles. The van der Waals surface area contributed by atoms with E-state index in [0.717, 1.165) is 16.8 Å². The molecule has 1 heterocycles. The fourth-order valence-electron chi connectivity index (χ4n) is 3.70. The van der Waals surface area contributed by atoms with Gasteiger partial charge in [0.1, 0.15) is 5.75 Å². The molecule has 174 valence electrons. The Morgan fingerprint density at radius 2 is 1.74 bits per heavy atom. The summed E-state index contributed by atoms with van der Waals surface area (Å²) in [5.74, 6) is 0.485. The van der Waals surface area contributed by atoms with Crippen LogP contribution in [0.1, 0.15) is 5.56 Å². The molecule has 7 nitrogen and oxygen atoms in total. The van der Waals surface area contributed by atoms with Gasteiger partial charge in [0.15, 0.2) is 18.1 Å². The summed E-state index contributed by atoms with van der Waals surface area (Å²) >= 11 is 6.27. The molecule has 4 rings (SSSR count). The van der Waals surface area contributed by atoms with E-state index in [1.54, 1.807) is 32.4 Å². The maximum absolute atomic E-state index is 11.1. The Hall–Kier alpha value is -3.97. The van der Waals surface area contributed by atoms with Crippen LogP contribution in [0.4, 0.5) is 0 Å². The summed E-state index contributed by atoms with van der Waals surface area (Å²) in [6.07, 6.45) is 0. The number of hydrogen-bond acceptors (Lipinski definition) is 5. The number of aliphatic carboxylic acids is 1. The van der Waals surface area contributed by atoms with Crippen LogP contribution in [0.5, 0.6) is 17.2 Å². The number of nitrogens with zero attached hydrogens (tertiary/aromatic N) is 2. The third-order valence-corrected chi connectivity index (χ3v) is 5.44. The van der Waals surface area contributed by atoms with E-state index in [1.165, 1.54) is 0 Å². The molecule has 0 atom stereocenters. The fourth-order valence-corrected chi connectivity index (χ4v) is 3.87. The van der Waals surface area contributed by atoms with E-state index in [9.17, 15) is 4.79 Å². The first kappa shape index (κ1) is 23.2. The van der Waals surface area contributed by atoms with Gasteiger partial charge in [-0.2, -0.15) is 5.10 Å². The molecular weight excluding hydrogens is 456 g/mol. The lowest BCUT2D eigenvalue weighted by Crippen LogP contribution is -2.10. The van der Waals surface area contributed by atoms with Gasteiger partial charge in [0.05, 0.1) is 32.2 Å². The molecule has 0 fully saturated rings. The van der Waals surface area contributed by atoms with Crippen LogP contribution in [0, 0.1) is 0 Å². The van der Waals surface area contributed by atoms with Gasteiger partial charge in [0.2, 0.25) is 0 Å². The summed E-state index contributed by atoms with van der Waals surface area (Å²) in [6.45, 7) is 0.0261. The molecule has 0 aliphatic heterocycles. The first-order valence-electron chi connectivity index (χ1n) is 10.5. The maximum atomic E-state index is 11.1. The number of halogens is 1. The summed E-state index contributed by atoms with van der Waals surface area (Å²) in [5.41, 5.74) is 3.82. The van der Waals surface area contributed by atoms with Crippen molar-refractivity contribution in [3.8, 4) is 39.8 Å². The predicted molar refractivity (Wildman–Crippen MR) is 130 cm³/mol. The SMILES string of the molecule is COc1cccc(-c2cc(-c3cc(Cl)ccc3OCC(=O)O)nn2Cc2ccccc2)c1OC. The number of ether oxygens (including phenoxy) is 3. The topological polar surface area (TPSA) is 82.8 Å². The molecule has 4 aromatic rings. The van der Waals surface area contributed by atoms with Crippen LogP contribution in [0.3, 0.4) is 0 Å². The van der Waals surface area contributed by atoms with E-state index in [-0.39, 0.29) is 0 Å². The Morgan fingerprint density at radius 1 is 0.941 bits per heavy atom. The quantitative estimate of drug-likeness (QED) is 0.347. The molecule has 0 spiro atoms. The van der Waals surface area contributed by atoms with Gasteiger partial charge in [-0.1, -0.05) is 48.0 Å². The Bertz CT molecular complexity index is 1300. The molecule has 0 radical (unpaired) electrons. The zero-order valence-corrected chi connectivity index (χ0v) is 19.5. The van der Waals surface area contributed by atoms with Crippen LogP contribution in [0.15, 0.2) is 72.8 Å². The second kappa shape index (κ2) is 10.3. The molecule has 3 aromatic carbocycles. The van der Waals surface area contributed by atoms with Crippen molar-refractivity contribution in [2.75, 3.05) is 20.8 Å². The van der Waals surface area contributed by atoms with Gasteiger partial charge >= 0.3 is 5.97 Å². The Labute approximate surface area is 202 Å². The third-order valence-electron chi connectivity index (χ3n) is 5.20. The number of aromatic nitrogens is 2. The van der Waals surface area contributed by atoms with Crippen molar-refractivity contribution < 1.29 is 24.1 Å². The first-order valence-corrected chi connectivity index (χ1v) is 10.9. The van der Waals surface area contributed by atoms with E-state index in [0.29, 0.717) is 40.1 Å². The Kier molecular flexibility index (Phi) is 7.04. The molecule has 8 heteroatoms. The lowest BCUT2D eigenvalue weighted by atomic mass is 10.1. The molecule has 1 aromatic heterocycles. The van der Waals surface area contributed by atoms with Crippen molar-refractivity contribution in [3.05, 3.63) is 83.4 Å². The van der Waals surface area contributed by atoms with Crippen molar-refractivity contribution in [3.63, 3.8) is 0 Å². The van der Waals surface area contributed by atoms with E-state index >= 15 is 0 Å². The zero-order valence-electron chi connectivity index (χ0n) is 18.7. The van der Waals surface area contributed by atoms with Gasteiger partial charge in [0, 0.05) is 16.1 Å². The maximum Gasteiger partial charge on any atom is 0.341 e. The smallest absolute Gasteiger partial charge is 0.341 e. The summed E-state index contributed by atoms with van der Waals surface area (Å²) in [4.78, 5) is 11.1. The fraction of sp³-hybridized carbons (Fsp3) is 0.154. The van der Waals surface area contributed by atoms with E-state index in [1.807, 2.05) is 59.3 Å². The van der Waals surface area contributed by atoms with Crippen LogP contribution < -0.4 is 14.2 Å². The zero-order chi connectivity index (χ0) is 24.1. The standard InChI is InChI=1S/C26H23ClN2O5/c1-32-24-10-6-9-19(26(24)33-2)22-14-21(28-29(22)15-17-7-4-3-5-8-17)20-13-18(27)11-12-23(20)34-16-25(30)31/h3-14H,15-16H2,1-2H3,(H,30,31). The van der Waals surface area contributed by atoms with Crippen LogP contribution in [-0.4, -0.2) is 41.7 Å². The van der Waals surface area contributed by atoms with E-state index in [4.69, 9.17) is 36.0 Å². The molecule has 0 unspecified atom stereocenters. The molecule has 0 saturated carbocycles. The van der Waals surface area contributed by atoms with Crippen LogP contribution in [-0.2, 0) is 11.3 Å². The molecule has 0 aliphatic carbocycles. The number of methoxy groups -OCH3 is 2. The van der Waals surface area contributed by atoms with Gasteiger partial charge in [-0.25, -0.2) is 4.79 Å². The molecule has 0 aliphatic rings. The lowest BCUT2D eigenvalue weighted by Gasteiger charge is -2.14. The minimum atomic E-state index is -1.07. The Morgan fingerprint density at radius 3 is 2.44 bits per heavy atom. The lowest BCUT2D eigenvalue weighted by molar-refractivity contribution is -0.139. The number of hydrogen-bond donors (Lipinski definition) is 1. The van der Waals surface area contributed by atoms with Gasteiger partial charge in [-0.15, -0.1) is 0 Å². The van der Waals surface area contributed by atoms with Crippen molar-refractivity contribution in [2.45, 2.75) is 6.54 Å². The van der Waals surface area contributed by atoms with Crippen molar-refractivity contribution >= 4 is 17.6 Å². The highest BCUT2D eigenvalue weighted by atomic mass is 35.5. The monoisotopic (exact) mass is 478 g/mol. The van der Waals surface area contributed by atoms with Crippen LogP contribution in [0.25, 0.3) is 22.5 Å². The number of benzene rings is 3. The minimum absolute atomic E-state index is 0.375. The van der Waals surface area contributed by atoms with Gasteiger partial charge in [-0.3, -0.25) is 4.68 Å². The summed E-state index contributed by atoms with van der Waals surface area (Å²) < 4.78 is 18.5. The summed E-state index contributed by atoms with van der Waals surface area (Å²) in [7, 11) is 3.18. The number of rotatable bonds is 9. The summed E-state index contributed by atoms with van der Waals surface area (Å²) in [5, 5.41) is 14.4. The average molecular weight is 479 g/mol. The second-order valence-corrected chi connectivity index (χ2v) is 7.86. The Balaban J connectivity index is 1.88. The number of para-hydroxylation sites is 1. The highest BCUT2D eigenvalue weighted by molar-refractivity contribution is 6.31. The van der Waals surface area contributed by atoms with Crippen LogP contribution in [0.2, 0.25) is 5.02 Å². The van der Waals surface area contributed by atoms with Gasteiger partial charge < -0.3 is 19.3 Å². The van der Waals surface area contributed by atoms with Crippen LogP contribution >= 0.6 is 11.6 Å². The van der Waals surface area contributed by atoms with Crippen molar-refractivity contribution in [1.82, 2.24) is 9.78 Å². The number of carboxylic acid groups (broad SMARTS) is 1. The molecule has 0 amide bonds. The molecule has 1 N–H and O–H groups in total. The van der Waals surface area contributed by atoms with E-state index < -0.39 is 12.6 Å². The second-order valence-electron chi connectivity index (χ2n) is 7.42. The molecule has 34 heavy (non-hydrogen) atoms. The van der Waals surface area contributed by atoms with Crippen molar-refractivity contribution in [2.24, 2.45) is 0 Å². The largest absolute Gasteiger partial charge is 0.493 e. The average Bonchev–Trinajstić information content (AvgIpc) is 3.26.